The zero-order valence-electron chi connectivity index (χ0n) is 17.7. The highest BCUT2D eigenvalue weighted by Gasteiger charge is 2.14. The fourth-order valence-electron chi connectivity index (χ4n) is 3.31. The average Bonchev–Trinajstić information content (AvgIpc) is 2.81. The Balaban J connectivity index is 1.38. The van der Waals surface area contributed by atoms with Gasteiger partial charge < -0.3 is 25.2 Å². The molecule has 3 heterocycles. The van der Waals surface area contributed by atoms with E-state index in [2.05, 4.69) is 48.5 Å². The minimum atomic E-state index is 0.432. The van der Waals surface area contributed by atoms with Crippen LogP contribution in [-0.2, 0) is 6.54 Å². The summed E-state index contributed by atoms with van der Waals surface area (Å²) in [6.45, 7) is 4.72. The number of halogens is 1. The summed E-state index contributed by atoms with van der Waals surface area (Å²) in [7, 11) is 3.80. The molecule has 1 saturated heterocycles. The number of pyridine rings is 1. The number of rotatable bonds is 7. The van der Waals surface area contributed by atoms with Gasteiger partial charge in [-0.2, -0.15) is 4.98 Å². The van der Waals surface area contributed by atoms with Gasteiger partial charge in [0.25, 0.3) is 0 Å². The molecule has 0 saturated carbocycles. The zero-order valence-corrected chi connectivity index (χ0v) is 18.4. The second-order valence-electron chi connectivity index (χ2n) is 7.41. The Bertz CT molecular complexity index is 990. The molecule has 8 nitrogen and oxygen atoms in total. The molecular formula is C22H26ClN7O. The van der Waals surface area contributed by atoms with Gasteiger partial charge in [0.15, 0.2) is 5.82 Å². The van der Waals surface area contributed by atoms with Gasteiger partial charge in [-0.15, -0.1) is 0 Å². The first-order valence-corrected chi connectivity index (χ1v) is 10.5. The number of nitrogens with zero attached hydrogens (tertiary/aromatic N) is 5. The Morgan fingerprint density at radius 2 is 1.77 bits per heavy atom. The largest absolute Gasteiger partial charge is 0.497 e. The SMILES string of the molecule is COc1ccc(CNc2nc(Nc3ccc(N4CCN(C)CC4)cn3)ncc2Cl)cc1. The molecule has 162 valence electrons. The molecular weight excluding hydrogens is 414 g/mol. The summed E-state index contributed by atoms with van der Waals surface area (Å²) in [5.74, 6) is 2.49. The van der Waals surface area contributed by atoms with Gasteiger partial charge in [0.2, 0.25) is 5.95 Å². The second kappa shape index (κ2) is 9.80. The molecule has 1 aromatic carbocycles. The molecule has 4 rings (SSSR count). The molecule has 0 aliphatic carbocycles. The normalized spacial score (nSPS) is 14.4. The van der Waals surface area contributed by atoms with Crippen molar-refractivity contribution < 1.29 is 4.74 Å². The van der Waals surface area contributed by atoms with Gasteiger partial charge in [0.05, 0.1) is 25.2 Å². The molecule has 0 bridgehead atoms. The van der Waals surface area contributed by atoms with Crippen molar-refractivity contribution in [1.29, 1.82) is 0 Å². The van der Waals surface area contributed by atoms with Crippen molar-refractivity contribution in [3.8, 4) is 5.75 Å². The number of aromatic nitrogens is 3. The molecule has 9 heteroatoms. The number of likely N-dealkylation sites (N-methyl/N-ethyl adjacent to an activating group) is 1. The molecule has 3 aromatic rings. The third-order valence-corrected chi connectivity index (χ3v) is 5.50. The highest BCUT2D eigenvalue weighted by atomic mass is 35.5. The lowest BCUT2D eigenvalue weighted by atomic mass is 10.2. The first kappa shape index (κ1) is 21.1. The van der Waals surface area contributed by atoms with E-state index >= 15 is 0 Å². The number of anilines is 4. The van der Waals surface area contributed by atoms with Crippen LogP contribution in [0.3, 0.4) is 0 Å². The summed E-state index contributed by atoms with van der Waals surface area (Å²) in [6, 6.07) is 11.8. The third-order valence-electron chi connectivity index (χ3n) is 5.22. The van der Waals surface area contributed by atoms with E-state index in [0.29, 0.717) is 29.2 Å². The van der Waals surface area contributed by atoms with E-state index < -0.39 is 0 Å². The van der Waals surface area contributed by atoms with E-state index in [9.17, 15) is 0 Å². The van der Waals surface area contributed by atoms with Crippen molar-refractivity contribution in [2.75, 3.05) is 55.9 Å². The van der Waals surface area contributed by atoms with Gasteiger partial charge in [-0.05, 0) is 36.9 Å². The number of ether oxygens (including phenoxy) is 1. The van der Waals surface area contributed by atoms with E-state index in [1.54, 1.807) is 13.3 Å². The van der Waals surface area contributed by atoms with Gasteiger partial charge in [-0.3, -0.25) is 0 Å². The number of benzene rings is 1. The standard InChI is InChI=1S/C22H26ClN7O/c1-29-9-11-30(12-10-29)17-5-8-20(24-14-17)27-22-26-15-19(23)21(28-22)25-13-16-3-6-18(31-2)7-4-16/h3-8,14-15H,9-13H2,1-2H3,(H2,24,25,26,27,28). The molecule has 0 spiro atoms. The third kappa shape index (κ3) is 5.53. The topological polar surface area (TPSA) is 78.4 Å². The summed E-state index contributed by atoms with van der Waals surface area (Å²) in [5, 5.41) is 6.86. The maximum atomic E-state index is 6.27. The van der Waals surface area contributed by atoms with E-state index in [-0.39, 0.29) is 0 Å². The maximum Gasteiger partial charge on any atom is 0.230 e. The Labute approximate surface area is 187 Å². The molecule has 0 radical (unpaired) electrons. The van der Waals surface area contributed by atoms with Gasteiger partial charge >= 0.3 is 0 Å². The first-order valence-electron chi connectivity index (χ1n) is 10.2. The summed E-state index contributed by atoms with van der Waals surface area (Å²) < 4.78 is 5.19. The number of piperazine rings is 1. The fourth-order valence-corrected chi connectivity index (χ4v) is 3.46. The lowest BCUT2D eigenvalue weighted by Crippen LogP contribution is -2.44. The van der Waals surface area contributed by atoms with Gasteiger partial charge in [0.1, 0.15) is 16.6 Å². The van der Waals surface area contributed by atoms with Gasteiger partial charge in [0, 0.05) is 32.7 Å². The van der Waals surface area contributed by atoms with E-state index in [4.69, 9.17) is 16.3 Å². The molecule has 1 fully saturated rings. The van der Waals surface area contributed by atoms with Crippen molar-refractivity contribution in [3.05, 3.63) is 59.4 Å². The van der Waals surface area contributed by atoms with Crippen LogP contribution >= 0.6 is 11.6 Å². The minimum Gasteiger partial charge on any atom is -0.497 e. The van der Waals surface area contributed by atoms with Crippen molar-refractivity contribution in [2.24, 2.45) is 0 Å². The summed E-state index contributed by atoms with van der Waals surface area (Å²) in [6.07, 6.45) is 3.46. The Morgan fingerprint density at radius 3 is 2.45 bits per heavy atom. The van der Waals surface area contributed by atoms with Gasteiger partial charge in [-0.25, -0.2) is 9.97 Å². The lowest BCUT2D eigenvalue weighted by Gasteiger charge is -2.33. The van der Waals surface area contributed by atoms with Crippen LogP contribution in [0.4, 0.5) is 23.3 Å². The Kier molecular flexibility index (Phi) is 6.69. The molecule has 2 aromatic heterocycles. The number of hydrogen-bond donors (Lipinski definition) is 2. The Morgan fingerprint density at radius 1 is 1.00 bits per heavy atom. The molecule has 0 unspecified atom stereocenters. The van der Waals surface area contributed by atoms with E-state index in [1.165, 1.54) is 0 Å². The van der Waals surface area contributed by atoms with Gasteiger partial charge in [-0.1, -0.05) is 23.7 Å². The maximum absolute atomic E-state index is 6.27. The van der Waals surface area contributed by atoms with Crippen molar-refractivity contribution in [2.45, 2.75) is 6.54 Å². The molecule has 1 aliphatic heterocycles. The van der Waals surface area contributed by atoms with E-state index in [1.807, 2.05) is 36.5 Å². The van der Waals surface area contributed by atoms with Crippen LogP contribution < -0.4 is 20.3 Å². The van der Waals surface area contributed by atoms with Crippen LogP contribution in [0.25, 0.3) is 0 Å². The smallest absolute Gasteiger partial charge is 0.230 e. The molecule has 0 atom stereocenters. The lowest BCUT2D eigenvalue weighted by molar-refractivity contribution is 0.313. The van der Waals surface area contributed by atoms with Crippen molar-refractivity contribution in [1.82, 2.24) is 19.9 Å². The monoisotopic (exact) mass is 439 g/mol. The fraction of sp³-hybridized carbons (Fsp3) is 0.318. The molecule has 0 amide bonds. The summed E-state index contributed by atoms with van der Waals surface area (Å²) in [5.41, 5.74) is 2.21. The summed E-state index contributed by atoms with van der Waals surface area (Å²) >= 11 is 6.27. The average molecular weight is 440 g/mol. The number of hydrogen-bond acceptors (Lipinski definition) is 8. The Hall–Kier alpha value is -3.10. The van der Waals surface area contributed by atoms with Crippen LogP contribution in [0, 0.1) is 0 Å². The van der Waals surface area contributed by atoms with E-state index in [0.717, 1.165) is 43.2 Å². The number of nitrogens with one attached hydrogen (secondary N) is 2. The highest BCUT2D eigenvalue weighted by molar-refractivity contribution is 6.32. The van der Waals surface area contributed by atoms with Crippen LogP contribution in [-0.4, -0.2) is 60.2 Å². The van der Waals surface area contributed by atoms with Crippen LogP contribution in [0.5, 0.6) is 5.75 Å². The van der Waals surface area contributed by atoms with Crippen LogP contribution in [0.1, 0.15) is 5.56 Å². The van der Waals surface area contributed by atoms with Crippen molar-refractivity contribution >= 4 is 34.9 Å². The predicted octanol–water partition coefficient (Wildman–Crippen LogP) is 3.64. The zero-order chi connectivity index (χ0) is 21.6. The molecule has 31 heavy (non-hydrogen) atoms. The van der Waals surface area contributed by atoms with Crippen LogP contribution in [0.15, 0.2) is 48.8 Å². The summed E-state index contributed by atoms with van der Waals surface area (Å²) in [4.78, 5) is 18.0. The minimum absolute atomic E-state index is 0.432. The predicted molar refractivity (Wildman–Crippen MR) is 125 cm³/mol. The second-order valence-corrected chi connectivity index (χ2v) is 7.82. The molecule has 2 N–H and O–H groups in total. The first-order chi connectivity index (χ1) is 15.1. The van der Waals surface area contributed by atoms with Crippen molar-refractivity contribution in [3.63, 3.8) is 0 Å². The number of methoxy groups -OCH3 is 1. The van der Waals surface area contributed by atoms with Crippen LogP contribution in [0.2, 0.25) is 5.02 Å². The quantitative estimate of drug-likeness (QED) is 0.577. The highest BCUT2D eigenvalue weighted by Crippen LogP contribution is 2.23. The molecule has 1 aliphatic rings.